The third-order valence-corrected chi connectivity index (χ3v) is 4.07. The van der Waals surface area contributed by atoms with E-state index in [2.05, 4.69) is 10.2 Å². The highest BCUT2D eigenvalue weighted by atomic mass is 16.2. The number of carbonyl (C=O) groups excluding carboxylic acids is 1. The van der Waals surface area contributed by atoms with Gasteiger partial charge in [-0.2, -0.15) is 0 Å². The van der Waals surface area contributed by atoms with Crippen molar-refractivity contribution in [2.45, 2.75) is 25.4 Å². The summed E-state index contributed by atoms with van der Waals surface area (Å²) in [5, 5.41) is 3.00. The number of hydrogen-bond acceptors (Lipinski definition) is 4. The molecule has 3 N–H and O–H groups in total. The Labute approximate surface area is 111 Å². The molecule has 102 valence electrons. The van der Waals surface area contributed by atoms with Crippen LogP contribution < -0.4 is 16.6 Å². The third-order valence-electron chi connectivity index (χ3n) is 4.07. The molecule has 6 heteroatoms. The highest BCUT2D eigenvalue weighted by molar-refractivity contribution is 5.96. The van der Waals surface area contributed by atoms with Gasteiger partial charge in [0.05, 0.1) is 5.69 Å². The number of carbonyl (C=O) groups is 1. The topological polar surface area (TPSA) is 80.4 Å². The number of nitrogens with two attached hydrogens (primary N) is 1. The smallest absolute Gasteiger partial charge is 0.276 e. The monoisotopic (exact) mass is 262 g/mol. The van der Waals surface area contributed by atoms with Gasteiger partial charge in [0, 0.05) is 6.54 Å². The second-order valence-electron chi connectivity index (χ2n) is 5.60. The van der Waals surface area contributed by atoms with Crippen molar-refractivity contribution in [2.24, 2.45) is 0 Å². The van der Waals surface area contributed by atoms with E-state index in [9.17, 15) is 9.59 Å². The average molecular weight is 262 g/mol. The molecule has 0 bridgehead atoms. The lowest BCUT2D eigenvalue weighted by Crippen LogP contribution is -2.57. The molecule has 19 heavy (non-hydrogen) atoms. The van der Waals surface area contributed by atoms with E-state index in [1.807, 2.05) is 14.0 Å². The zero-order valence-corrected chi connectivity index (χ0v) is 11.2. The summed E-state index contributed by atoms with van der Waals surface area (Å²) in [5.41, 5.74) is 6.28. The van der Waals surface area contributed by atoms with Gasteiger partial charge in [-0.15, -0.1) is 0 Å². The van der Waals surface area contributed by atoms with Crippen LogP contribution in [0.15, 0.2) is 10.9 Å². The first-order chi connectivity index (χ1) is 8.94. The average Bonchev–Trinajstić information content (AvgIpc) is 2.59. The maximum Gasteiger partial charge on any atom is 0.276 e. The lowest BCUT2D eigenvalue weighted by Gasteiger charge is -2.39. The Morgan fingerprint density at radius 2 is 2.16 bits per heavy atom. The first kappa shape index (κ1) is 12.2. The van der Waals surface area contributed by atoms with Crippen LogP contribution in [0, 0.1) is 6.92 Å². The van der Waals surface area contributed by atoms with Crippen LogP contribution in [0.4, 0.5) is 5.69 Å². The molecule has 1 saturated heterocycles. The van der Waals surface area contributed by atoms with Crippen LogP contribution in [0.5, 0.6) is 0 Å². The quantitative estimate of drug-likeness (QED) is 0.682. The van der Waals surface area contributed by atoms with E-state index in [4.69, 9.17) is 5.73 Å². The van der Waals surface area contributed by atoms with Gasteiger partial charge >= 0.3 is 0 Å². The normalized spacial score (nSPS) is 26.5. The number of pyridine rings is 1. The SMILES string of the molecule is Cc1cc(N)c(=O)n2c1C(=O)N[C@@]21CCCN(C)C1. The molecular formula is C13H18N4O2. The van der Waals surface area contributed by atoms with E-state index in [0.29, 0.717) is 12.2 Å². The largest absolute Gasteiger partial charge is 0.394 e. The zero-order valence-electron chi connectivity index (χ0n) is 11.2. The zero-order chi connectivity index (χ0) is 13.8. The van der Waals surface area contributed by atoms with Crippen molar-refractivity contribution in [1.82, 2.24) is 14.8 Å². The van der Waals surface area contributed by atoms with Gasteiger partial charge in [-0.25, -0.2) is 0 Å². The molecule has 0 saturated carbocycles. The summed E-state index contributed by atoms with van der Waals surface area (Å²) in [6, 6.07) is 1.58. The van der Waals surface area contributed by atoms with Gasteiger partial charge < -0.3 is 16.0 Å². The molecule has 3 rings (SSSR count). The predicted octanol–water partition coefficient (Wildman–Crippen LogP) is -0.139. The fourth-order valence-corrected chi connectivity index (χ4v) is 3.32. The first-order valence-corrected chi connectivity index (χ1v) is 6.48. The minimum Gasteiger partial charge on any atom is -0.394 e. The fraction of sp³-hybridized carbons (Fsp3) is 0.538. The van der Waals surface area contributed by atoms with E-state index in [1.165, 1.54) is 0 Å². The lowest BCUT2D eigenvalue weighted by atomic mass is 9.98. The van der Waals surface area contributed by atoms with Crippen molar-refractivity contribution in [3.05, 3.63) is 27.7 Å². The summed E-state index contributed by atoms with van der Waals surface area (Å²) in [7, 11) is 2.00. The number of hydrogen-bond donors (Lipinski definition) is 2. The molecule has 1 atom stereocenters. The molecule has 2 aliphatic rings. The van der Waals surface area contributed by atoms with Crippen LogP contribution in [0.25, 0.3) is 0 Å². The Balaban J connectivity index is 2.26. The summed E-state index contributed by atoms with van der Waals surface area (Å²) in [6.45, 7) is 3.42. The molecule has 1 aromatic heterocycles. The number of nitrogens with zero attached hydrogens (tertiary/aromatic N) is 2. The predicted molar refractivity (Wildman–Crippen MR) is 72.0 cm³/mol. The minimum absolute atomic E-state index is 0.176. The standard InChI is InChI=1S/C13H18N4O2/c1-8-6-9(14)12(19)17-10(8)11(18)15-13(17)4-3-5-16(2)7-13/h6H,3-5,7,14H2,1-2H3,(H,15,18)/t13-/m0/s1. The van der Waals surface area contributed by atoms with Crippen molar-refractivity contribution in [1.29, 1.82) is 0 Å². The molecule has 0 radical (unpaired) electrons. The number of likely N-dealkylation sites (N-methyl/N-ethyl adjacent to an activating group) is 1. The number of piperidine rings is 1. The molecule has 2 aliphatic heterocycles. The van der Waals surface area contributed by atoms with Gasteiger partial charge in [0.25, 0.3) is 11.5 Å². The van der Waals surface area contributed by atoms with Crippen LogP contribution in [0.3, 0.4) is 0 Å². The molecule has 1 spiro atoms. The second-order valence-corrected chi connectivity index (χ2v) is 5.60. The number of fused-ring (bicyclic) bond motifs is 2. The lowest BCUT2D eigenvalue weighted by molar-refractivity contribution is 0.0755. The number of aryl methyl sites for hydroxylation is 1. The minimum atomic E-state index is -0.628. The van der Waals surface area contributed by atoms with Crippen LogP contribution in [-0.2, 0) is 5.66 Å². The number of rotatable bonds is 0. The fourth-order valence-electron chi connectivity index (χ4n) is 3.32. The van der Waals surface area contributed by atoms with Crippen LogP contribution in [0.1, 0.15) is 28.9 Å². The van der Waals surface area contributed by atoms with Crippen LogP contribution in [0.2, 0.25) is 0 Å². The van der Waals surface area contributed by atoms with E-state index in [-0.39, 0.29) is 17.2 Å². The third kappa shape index (κ3) is 1.59. The van der Waals surface area contributed by atoms with E-state index >= 15 is 0 Å². The van der Waals surface area contributed by atoms with Gasteiger partial charge in [0.1, 0.15) is 11.4 Å². The van der Waals surface area contributed by atoms with Crippen molar-refractivity contribution in [3.8, 4) is 0 Å². The molecule has 0 aliphatic carbocycles. The Bertz CT molecular complexity index is 622. The van der Waals surface area contributed by atoms with Crippen molar-refractivity contribution in [3.63, 3.8) is 0 Å². The Morgan fingerprint density at radius 3 is 2.84 bits per heavy atom. The van der Waals surface area contributed by atoms with Gasteiger partial charge in [0.15, 0.2) is 0 Å². The number of likely N-dealkylation sites (tertiary alicyclic amines) is 1. The van der Waals surface area contributed by atoms with E-state index in [0.717, 1.165) is 24.9 Å². The molecule has 0 aromatic carbocycles. The highest BCUT2D eigenvalue weighted by Gasteiger charge is 2.46. The maximum absolute atomic E-state index is 12.4. The van der Waals surface area contributed by atoms with Crippen molar-refractivity contribution in [2.75, 3.05) is 25.9 Å². The summed E-state index contributed by atoms with van der Waals surface area (Å²) >= 11 is 0. The van der Waals surface area contributed by atoms with Crippen LogP contribution in [-0.4, -0.2) is 35.5 Å². The summed E-state index contributed by atoms with van der Waals surface area (Å²) in [5.74, 6) is -0.176. The van der Waals surface area contributed by atoms with Gasteiger partial charge in [0.2, 0.25) is 0 Å². The van der Waals surface area contributed by atoms with Gasteiger partial charge in [-0.05, 0) is 45.0 Å². The highest BCUT2D eigenvalue weighted by Crippen LogP contribution is 2.31. The van der Waals surface area contributed by atoms with Crippen molar-refractivity contribution < 1.29 is 4.79 Å². The van der Waals surface area contributed by atoms with Gasteiger partial charge in [-0.3, -0.25) is 14.2 Å². The maximum atomic E-state index is 12.4. The molecule has 1 aromatic rings. The second kappa shape index (κ2) is 3.84. The molecular weight excluding hydrogens is 244 g/mol. The molecule has 6 nitrogen and oxygen atoms in total. The summed E-state index contributed by atoms with van der Waals surface area (Å²) in [6.07, 6.45) is 1.70. The molecule has 0 unspecified atom stereocenters. The number of nitrogens with one attached hydrogen (secondary N) is 1. The van der Waals surface area contributed by atoms with E-state index in [1.54, 1.807) is 10.6 Å². The number of amides is 1. The molecule has 3 heterocycles. The van der Waals surface area contributed by atoms with Crippen LogP contribution >= 0.6 is 0 Å². The molecule has 1 fully saturated rings. The Kier molecular flexibility index (Phi) is 2.47. The summed E-state index contributed by atoms with van der Waals surface area (Å²) < 4.78 is 1.58. The Hall–Kier alpha value is -1.82. The number of nitrogen functional groups attached to an aromatic ring is 1. The summed E-state index contributed by atoms with van der Waals surface area (Å²) in [4.78, 5) is 26.7. The van der Waals surface area contributed by atoms with E-state index < -0.39 is 5.66 Å². The number of aromatic nitrogens is 1. The Morgan fingerprint density at radius 1 is 1.42 bits per heavy atom. The van der Waals surface area contributed by atoms with Crippen molar-refractivity contribution >= 4 is 11.6 Å². The molecule has 1 amide bonds. The first-order valence-electron chi connectivity index (χ1n) is 6.48. The van der Waals surface area contributed by atoms with Gasteiger partial charge in [-0.1, -0.05) is 0 Å². The number of anilines is 1.